The molecule has 2 aliphatic heterocycles. The molecule has 3 aromatic rings. The fraction of sp³-hybridized carbons (Fsp3) is 0.364. The van der Waals surface area contributed by atoms with Gasteiger partial charge in [-0.2, -0.15) is 10.2 Å². The van der Waals surface area contributed by atoms with Gasteiger partial charge in [-0.15, -0.1) is 4.80 Å². The summed E-state index contributed by atoms with van der Waals surface area (Å²) in [5.41, 5.74) is 1.84. The van der Waals surface area contributed by atoms with E-state index in [1.807, 2.05) is 54.3 Å². The minimum Gasteiger partial charge on any atom is -0.493 e. The minimum atomic E-state index is -0.0317. The van der Waals surface area contributed by atoms with E-state index >= 15 is 0 Å². The molecule has 2 saturated heterocycles. The Morgan fingerprint density at radius 2 is 1.90 bits per heavy atom. The maximum Gasteiger partial charge on any atom is 0.275 e. The summed E-state index contributed by atoms with van der Waals surface area (Å²) >= 11 is 0. The molecule has 3 unspecified atom stereocenters. The average Bonchev–Trinajstić information content (AvgIpc) is 3.49. The number of nitrogens with zero attached hydrogens (tertiary/aromatic N) is 5. The number of fused-ring (bicyclic) bond motifs is 2. The van der Waals surface area contributed by atoms with E-state index in [0.29, 0.717) is 23.9 Å². The van der Waals surface area contributed by atoms with E-state index in [-0.39, 0.29) is 18.0 Å². The maximum absolute atomic E-state index is 13.5. The maximum atomic E-state index is 13.5. The number of hydrogen-bond donors (Lipinski definition) is 0. The molecule has 29 heavy (non-hydrogen) atoms. The van der Waals surface area contributed by atoms with Crippen molar-refractivity contribution in [2.75, 3.05) is 6.61 Å². The summed E-state index contributed by atoms with van der Waals surface area (Å²) in [5.74, 6) is 1.19. The zero-order valence-corrected chi connectivity index (χ0v) is 16.3. The second-order valence-electron chi connectivity index (χ2n) is 7.77. The summed E-state index contributed by atoms with van der Waals surface area (Å²) in [6.45, 7) is 2.52. The molecule has 0 saturated carbocycles. The van der Waals surface area contributed by atoms with Crippen LogP contribution in [0.25, 0.3) is 5.69 Å². The molecule has 148 valence electrons. The summed E-state index contributed by atoms with van der Waals surface area (Å²) in [7, 11) is 0. The van der Waals surface area contributed by atoms with Crippen LogP contribution in [0.4, 0.5) is 0 Å². The quantitative estimate of drug-likeness (QED) is 0.671. The van der Waals surface area contributed by atoms with Gasteiger partial charge in [0.25, 0.3) is 5.91 Å². The first kappa shape index (κ1) is 17.8. The fourth-order valence-corrected chi connectivity index (χ4v) is 4.66. The van der Waals surface area contributed by atoms with E-state index in [9.17, 15) is 4.79 Å². The fourth-order valence-electron chi connectivity index (χ4n) is 4.66. The topological polar surface area (TPSA) is 73.1 Å². The molecule has 1 aromatic carbocycles. The highest BCUT2D eigenvalue weighted by atomic mass is 16.5. The molecule has 0 N–H and O–H groups in total. The molecule has 3 atom stereocenters. The molecular formula is C22H23N5O2. The lowest BCUT2D eigenvalue weighted by molar-refractivity contribution is 0.0703. The number of amides is 1. The molecular weight excluding hydrogens is 366 g/mol. The van der Waals surface area contributed by atoms with Gasteiger partial charge in [0.15, 0.2) is 5.69 Å². The van der Waals surface area contributed by atoms with Crippen molar-refractivity contribution in [3.05, 3.63) is 66.2 Å². The summed E-state index contributed by atoms with van der Waals surface area (Å²) in [6.07, 6.45) is 6.24. The number of aryl methyl sites for hydroxylation is 1. The normalized spacial score (nSPS) is 22.8. The number of carbonyl (C=O) groups excluding carboxylic acids is 1. The van der Waals surface area contributed by atoms with Crippen molar-refractivity contribution in [3.8, 4) is 11.4 Å². The zero-order valence-electron chi connectivity index (χ0n) is 16.3. The van der Waals surface area contributed by atoms with Gasteiger partial charge in [0.1, 0.15) is 11.4 Å². The van der Waals surface area contributed by atoms with E-state index in [0.717, 1.165) is 30.7 Å². The van der Waals surface area contributed by atoms with Crippen molar-refractivity contribution in [2.45, 2.75) is 38.3 Å². The molecule has 1 amide bonds. The summed E-state index contributed by atoms with van der Waals surface area (Å²) in [4.78, 5) is 21.6. The Morgan fingerprint density at radius 3 is 2.69 bits per heavy atom. The lowest BCUT2D eigenvalue weighted by Gasteiger charge is -2.25. The Hall–Kier alpha value is -3.22. The van der Waals surface area contributed by atoms with Crippen LogP contribution in [0.15, 0.2) is 54.9 Å². The number of pyridine rings is 1. The van der Waals surface area contributed by atoms with Crippen LogP contribution in [-0.4, -0.2) is 49.5 Å². The summed E-state index contributed by atoms with van der Waals surface area (Å²) in [5, 5.41) is 8.38. The van der Waals surface area contributed by atoms with Gasteiger partial charge in [-0.25, -0.2) is 4.98 Å². The van der Waals surface area contributed by atoms with Crippen molar-refractivity contribution in [1.82, 2.24) is 24.9 Å². The molecule has 5 rings (SSSR count). The van der Waals surface area contributed by atoms with Crippen molar-refractivity contribution < 1.29 is 9.53 Å². The third-order valence-electron chi connectivity index (χ3n) is 5.96. The van der Waals surface area contributed by atoms with Gasteiger partial charge in [0.2, 0.25) is 0 Å². The Labute approximate surface area is 169 Å². The Morgan fingerprint density at radius 1 is 1.10 bits per heavy atom. The first-order valence-electron chi connectivity index (χ1n) is 10.1. The van der Waals surface area contributed by atoms with E-state index in [1.165, 1.54) is 4.80 Å². The lowest BCUT2D eigenvalue weighted by atomic mass is 9.90. The zero-order chi connectivity index (χ0) is 19.8. The van der Waals surface area contributed by atoms with Gasteiger partial charge >= 0.3 is 0 Å². The Bertz CT molecular complexity index is 1010. The Balaban J connectivity index is 1.38. The van der Waals surface area contributed by atoms with Gasteiger partial charge in [-0.3, -0.25) is 4.79 Å². The third kappa shape index (κ3) is 3.26. The predicted molar refractivity (Wildman–Crippen MR) is 107 cm³/mol. The summed E-state index contributed by atoms with van der Waals surface area (Å²) in [6, 6.07) is 14.0. The van der Waals surface area contributed by atoms with Crippen LogP contribution in [0.2, 0.25) is 0 Å². The van der Waals surface area contributed by atoms with Crippen LogP contribution in [0.5, 0.6) is 5.75 Å². The first-order chi connectivity index (χ1) is 14.2. The molecule has 2 fully saturated rings. The molecule has 0 radical (unpaired) electrons. The molecule has 7 nitrogen and oxygen atoms in total. The largest absolute Gasteiger partial charge is 0.493 e. The number of ether oxygens (including phenoxy) is 1. The van der Waals surface area contributed by atoms with E-state index in [4.69, 9.17) is 4.74 Å². The van der Waals surface area contributed by atoms with E-state index in [2.05, 4.69) is 15.2 Å². The number of aromatic nitrogens is 4. The second kappa shape index (κ2) is 7.31. The highest BCUT2D eigenvalue weighted by Crippen LogP contribution is 2.43. The highest BCUT2D eigenvalue weighted by molar-refractivity contribution is 5.96. The van der Waals surface area contributed by atoms with Gasteiger partial charge in [0.05, 0.1) is 19.0 Å². The number of rotatable bonds is 5. The standard InChI is InChI=1S/C22H23N5O2/c1-15-7-9-20(27-23-11-12-24-27)21(25-15)22(28)26-17-8-10-19(26)16(13-17)14-29-18-5-3-2-4-6-18/h2-7,9,11-12,16-17,19H,8,10,13-14H2,1H3. The Kier molecular flexibility index (Phi) is 4.50. The summed E-state index contributed by atoms with van der Waals surface area (Å²) < 4.78 is 6.00. The van der Waals surface area contributed by atoms with Crippen LogP contribution < -0.4 is 4.74 Å². The van der Waals surface area contributed by atoms with Crippen molar-refractivity contribution in [2.24, 2.45) is 5.92 Å². The minimum absolute atomic E-state index is 0.0317. The SMILES string of the molecule is Cc1ccc(-n2nccn2)c(C(=O)N2C3CCC2C(COc2ccccc2)C3)n1. The molecule has 0 spiro atoms. The van der Waals surface area contributed by atoms with Crippen LogP contribution >= 0.6 is 0 Å². The van der Waals surface area contributed by atoms with E-state index in [1.54, 1.807) is 12.4 Å². The monoisotopic (exact) mass is 389 g/mol. The van der Waals surface area contributed by atoms with Gasteiger partial charge in [0, 0.05) is 23.7 Å². The van der Waals surface area contributed by atoms with Gasteiger partial charge in [-0.1, -0.05) is 18.2 Å². The first-order valence-corrected chi connectivity index (χ1v) is 10.1. The number of carbonyl (C=O) groups is 1. The molecule has 2 aliphatic rings. The average molecular weight is 389 g/mol. The number of hydrogen-bond acceptors (Lipinski definition) is 5. The van der Waals surface area contributed by atoms with Crippen molar-refractivity contribution in [1.29, 1.82) is 0 Å². The predicted octanol–water partition coefficient (Wildman–Crippen LogP) is 3.04. The van der Waals surface area contributed by atoms with Gasteiger partial charge in [-0.05, 0) is 50.5 Å². The molecule has 4 heterocycles. The van der Waals surface area contributed by atoms with Crippen molar-refractivity contribution >= 4 is 5.91 Å². The molecule has 0 aliphatic carbocycles. The number of para-hydroxylation sites is 1. The van der Waals surface area contributed by atoms with Crippen LogP contribution in [0.1, 0.15) is 35.4 Å². The van der Waals surface area contributed by atoms with Crippen LogP contribution in [0, 0.1) is 12.8 Å². The second-order valence-corrected chi connectivity index (χ2v) is 7.77. The van der Waals surface area contributed by atoms with Crippen LogP contribution in [0.3, 0.4) is 0 Å². The molecule has 2 aromatic heterocycles. The molecule has 2 bridgehead atoms. The molecule has 7 heteroatoms. The third-order valence-corrected chi connectivity index (χ3v) is 5.96. The van der Waals surface area contributed by atoms with Crippen molar-refractivity contribution in [3.63, 3.8) is 0 Å². The van der Waals surface area contributed by atoms with Gasteiger partial charge < -0.3 is 9.64 Å². The highest BCUT2D eigenvalue weighted by Gasteiger charge is 2.49. The van der Waals surface area contributed by atoms with E-state index < -0.39 is 0 Å². The number of benzene rings is 1. The smallest absolute Gasteiger partial charge is 0.275 e. The van der Waals surface area contributed by atoms with Crippen LogP contribution in [-0.2, 0) is 0 Å². The lowest BCUT2D eigenvalue weighted by Crippen LogP contribution is -2.38.